The Kier molecular flexibility index (Phi) is 3.80. The molecule has 0 unspecified atom stereocenters. The number of furan rings is 1. The molecule has 4 rings (SSSR count). The first kappa shape index (κ1) is 15.5. The van der Waals surface area contributed by atoms with E-state index in [1.807, 2.05) is 18.2 Å². The third kappa shape index (κ3) is 2.80. The molecule has 0 fully saturated rings. The molecule has 0 spiro atoms. The minimum Gasteiger partial charge on any atom is -0.459 e. The summed E-state index contributed by atoms with van der Waals surface area (Å²) in [4.78, 5) is 30.0. The number of nitrogens with zero attached hydrogens (tertiary/aromatic N) is 1. The number of fused-ring (bicyclic) bond motifs is 3. The summed E-state index contributed by atoms with van der Waals surface area (Å²) in [7, 11) is 0. The molecule has 0 saturated carbocycles. The van der Waals surface area contributed by atoms with Crippen LogP contribution in [0, 0.1) is 0 Å². The third-order valence-electron chi connectivity index (χ3n) is 4.66. The molecule has 0 saturated heterocycles. The lowest BCUT2D eigenvalue weighted by Crippen LogP contribution is -2.48. The maximum Gasteiger partial charge on any atom is 0.287 e. The van der Waals surface area contributed by atoms with Gasteiger partial charge in [0.25, 0.3) is 5.91 Å². The molecule has 2 amide bonds. The average molecular weight is 337 g/mol. The normalized spacial score (nSPS) is 15.0. The average Bonchev–Trinajstić information content (AvgIpc) is 3.28. The number of hydrogen-bond acceptors (Lipinski definition) is 3. The van der Waals surface area contributed by atoms with Crippen LogP contribution in [0.15, 0.2) is 47.1 Å². The summed E-state index contributed by atoms with van der Waals surface area (Å²) in [6.45, 7) is 2.90. The van der Waals surface area contributed by atoms with E-state index in [1.54, 1.807) is 24.0 Å². The number of aromatic amines is 1. The molecule has 1 atom stereocenters. The van der Waals surface area contributed by atoms with Crippen molar-refractivity contribution < 1.29 is 14.0 Å². The van der Waals surface area contributed by atoms with Crippen molar-refractivity contribution in [3.63, 3.8) is 0 Å². The smallest absolute Gasteiger partial charge is 0.287 e. The van der Waals surface area contributed by atoms with Crippen molar-refractivity contribution in [1.82, 2.24) is 15.2 Å². The van der Waals surface area contributed by atoms with Gasteiger partial charge < -0.3 is 19.6 Å². The Morgan fingerprint density at radius 3 is 2.88 bits per heavy atom. The second-order valence-corrected chi connectivity index (χ2v) is 6.31. The number of hydrogen-bond donors (Lipinski definition) is 2. The molecule has 25 heavy (non-hydrogen) atoms. The zero-order chi connectivity index (χ0) is 17.4. The van der Waals surface area contributed by atoms with Gasteiger partial charge >= 0.3 is 0 Å². The molecule has 2 aromatic heterocycles. The Bertz CT molecular complexity index is 927. The second kappa shape index (κ2) is 6.12. The van der Waals surface area contributed by atoms with Gasteiger partial charge in [0.1, 0.15) is 6.04 Å². The van der Waals surface area contributed by atoms with Crippen molar-refractivity contribution in [1.29, 1.82) is 0 Å². The molecule has 1 aromatic carbocycles. The fourth-order valence-electron chi connectivity index (χ4n) is 3.37. The van der Waals surface area contributed by atoms with Gasteiger partial charge in [-0.1, -0.05) is 18.2 Å². The van der Waals surface area contributed by atoms with Crippen molar-refractivity contribution in [2.24, 2.45) is 0 Å². The van der Waals surface area contributed by atoms with E-state index in [9.17, 15) is 9.59 Å². The van der Waals surface area contributed by atoms with Gasteiger partial charge in [-0.3, -0.25) is 9.59 Å². The number of nitrogens with one attached hydrogen (secondary N) is 2. The molecule has 0 bridgehead atoms. The first-order valence-electron chi connectivity index (χ1n) is 8.35. The van der Waals surface area contributed by atoms with Gasteiger partial charge in [0.15, 0.2) is 5.76 Å². The lowest BCUT2D eigenvalue weighted by molar-refractivity contribution is -0.133. The fourth-order valence-corrected chi connectivity index (χ4v) is 3.37. The highest BCUT2D eigenvalue weighted by atomic mass is 16.3. The van der Waals surface area contributed by atoms with Crippen LogP contribution < -0.4 is 5.32 Å². The highest BCUT2D eigenvalue weighted by Gasteiger charge is 2.28. The van der Waals surface area contributed by atoms with Crippen LogP contribution in [-0.4, -0.2) is 34.3 Å². The summed E-state index contributed by atoms with van der Waals surface area (Å²) in [6, 6.07) is 10.7. The highest BCUT2D eigenvalue weighted by Crippen LogP contribution is 2.27. The van der Waals surface area contributed by atoms with Crippen LogP contribution in [0.2, 0.25) is 0 Å². The Morgan fingerprint density at radius 1 is 1.24 bits per heavy atom. The van der Waals surface area contributed by atoms with Crippen LogP contribution in [-0.2, 0) is 17.8 Å². The van der Waals surface area contributed by atoms with E-state index >= 15 is 0 Å². The Labute approximate surface area is 144 Å². The summed E-state index contributed by atoms with van der Waals surface area (Å²) in [5.41, 5.74) is 3.46. The Balaban J connectivity index is 1.49. The van der Waals surface area contributed by atoms with Gasteiger partial charge in [0.05, 0.1) is 6.26 Å². The molecule has 0 aliphatic carbocycles. The molecular weight excluding hydrogens is 318 g/mol. The monoisotopic (exact) mass is 337 g/mol. The maximum atomic E-state index is 12.7. The second-order valence-electron chi connectivity index (χ2n) is 6.31. The van der Waals surface area contributed by atoms with Crippen LogP contribution in [0.25, 0.3) is 10.9 Å². The van der Waals surface area contributed by atoms with Crippen LogP contribution in [0.5, 0.6) is 0 Å². The number of benzene rings is 1. The summed E-state index contributed by atoms with van der Waals surface area (Å²) < 4.78 is 5.06. The van der Waals surface area contributed by atoms with Gasteiger partial charge in [-0.25, -0.2) is 0 Å². The van der Waals surface area contributed by atoms with E-state index < -0.39 is 6.04 Å². The first-order valence-corrected chi connectivity index (χ1v) is 8.35. The standard InChI is InChI=1S/C19H19N3O3/c1-12(20-18(23)17-7-4-10-25-17)19(24)22-9-8-16-14(11-22)13-5-2-3-6-15(13)21-16/h2-7,10,12,21H,8-9,11H2,1H3,(H,20,23)/t12-/m0/s1. The maximum absolute atomic E-state index is 12.7. The molecular formula is C19H19N3O3. The van der Waals surface area contributed by atoms with Crippen molar-refractivity contribution in [2.75, 3.05) is 6.54 Å². The van der Waals surface area contributed by atoms with Crippen LogP contribution >= 0.6 is 0 Å². The van der Waals surface area contributed by atoms with Gasteiger partial charge in [-0.2, -0.15) is 0 Å². The van der Waals surface area contributed by atoms with E-state index in [-0.39, 0.29) is 17.6 Å². The minimum atomic E-state index is -0.607. The van der Waals surface area contributed by atoms with Crippen LogP contribution in [0.3, 0.4) is 0 Å². The predicted octanol–water partition coefficient (Wildman–Crippen LogP) is 2.46. The molecule has 128 valence electrons. The predicted molar refractivity (Wildman–Crippen MR) is 93.1 cm³/mol. The molecule has 6 heteroatoms. The molecule has 3 heterocycles. The molecule has 3 aromatic rings. The molecule has 0 radical (unpaired) electrons. The van der Waals surface area contributed by atoms with Gasteiger partial charge in [-0.05, 0) is 25.1 Å². The van der Waals surface area contributed by atoms with Crippen molar-refractivity contribution >= 4 is 22.7 Å². The molecule has 6 nitrogen and oxygen atoms in total. The summed E-state index contributed by atoms with van der Waals surface area (Å²) in [5, 5.41) is 3.86. The summed E-state index contributed by atoms with van der Waals surface area (Å²) >= 11 is 0. The number of carbonyl (C=O) groups is 2. The van der Waals surface area contributed by atoms with Crippen LogP contribution in [0.4, 0.5) is 0 Å². The van der Waals surface area contributed by atoms with Gasteiger partial charge in [0.2, 0.25) is 5.91 Å². The number of para-hydroxylation sites is 1. The van der Waals surface area contributed by atoms with Gasteiger partial charge in [0, 0.05) is 41.7 Å². The number of H-pyrrole nitrogens is 1. The number of carbonyl (C=O) groups excluding carboxylic acids is 2. The largest absolute Gasteiger partial charge is 0.459 e. The Morgan fingerprint density at radius 2 is 2.08 bits per heavy atom. The van der Waals surface area contributed by atoms with Crippen molar-refractivity contribution in [2.45, 2.75) is 25.9 Å². The quantitative estimate of drug-likeness (QED) is 0.771. The first-order chi connectivity index (χ1) is 12.1. The van der Waals surface area contributed by atoms with Gasteiger partial charge in [-0.15, -0.1) is 0 Å². The van der Waals surface area contributed by atoms with E-state index in [0.29, 0.717) is 13.1 Å². The van der Waals surface area contributed by atoms with Crippen molar-refractivity contribution in [3.05, 3.63) is 59.7 Å². The van der Waals surface area contributed by atoms with E-state index in [2.05, 4.69) is 16.4 Å². The van der Waals surface area contributed by atoms with E-state index in [1.165, 1.54) is 17.5 Å². The number of rotatable bonds is 3. The van der Waals surface area contributed by atoms with E-state index in [0.717, 1.165) is 17.3 Å². The van der Waals surface area contributed by atoms with E-state index in [4.69, 9.17) is 4.42 Å². The third-order valence-corrected chi connectivity index (χ3v) is 4.66. The topological polar surface area (TPSA) is 78.3 Å². The SMILES string of the molecule is C[C@H](NC(=O)c1ccco1)C(=O)N1CCc2[nH]c3ccccc3c2C1. The molecule has 2 N–H and O–H groups in total. The number of aromatic nitrogens is 1. The lowest BCUT2D eigenvalue weighted by Gasteiger charge is -2.29. The Hall–Kier alpha value is -3.02. The van der Waals surface area contributed by atoms with Crippen LogP contribution in [0.1, 0.15) is 28.7 Å². The summed E-state index contributed by atoms with van der Waals surface area (Å²) in [5.74, 6) is -0.260. The molecule has 1 aliphatic heterocycles. The number of amides is 2. The lowest BCUT2D eigenvalue weighted by atomic mass is 10.0. The molecule has 1 aliphatic rings. The zero-order valence-electron chi connectivity index (χ0n) is 13.9. The minimum absolute atomic E-state index is 0.0872. The zero-order valence-corrected chi connectivity index (χ0v) is 13.9. The van der Waals surface area contributed by atoms with Crippen molar-refractivity contribution in [3.8, 4) is 0 Å². The highest BCUT2D eigenvalue weighted by molar-refractivity contribution is 5.95. The summed E-state index contributed by atoms with van der Waals surface area (Å²) in [6.07, 6.45) is 2.22. The fraction of sp³-hybridized carbons (Fsp3) is 0.263.